The Morgan fingerprint density at radius 2 is 1.67 bits per heavy atom. The lowest BCUT2D eigenvalue weighted by Gasteiger charge is -2.29. The second-order valence-electron chi connectivity index (χ2n) is 6.52. The molecular formula is C17H24Br2NSi. The van der Waals surface area contributed by atoms with Gasteiger partial charge in [-0.15, -0.1) is 0 Å². The molecule has 1 N–H and O–H groups in total. The van der Waals surface area contributed by atoms with Gasteiger partial charge in [0.1, 0.15) is 0 Å². The highest BCUT2D eigenvalue weighted by Crippen LogP contribution is 2.36. The third kappa shape index (κ3) is 3.83. The maximum absolute atomic E-state index is 3.79. The highest BCUT2D eigenvalue weighted by atomic mass is 79.9. The van der Waals surface area contributed by atoms with Crippen molar-refractivity contribution in [3.05, 3.63) is 32.8 Å². The lowest BCUT2D eigenvalue weighted by molar-refractivity contribution is 0.795. The Balaban J connectivity index is 2.28. The van der Waals surface area contributed by atoms with Crippen molar-refractivity contribution in [1.29, 1.82) is 0 Å². The van der Waals surface area contributed by atoms with Crippen LogP contribution in [0.4, 0.5) is 0 Å². The number of aromatic amines is 1. The molecule has 2 rings (SSSR count). The molecule has 2 aromatic rings. The van der Waals surface area contributed by atoms with Crippen LogP contribution < -0.4 is 0 Å². The lowest BCUT2D eigenvalue weighted by Crippen LogP contribution is -2.27. The molecule has 1 unspecified atom stereocenters. The molecule has 115 valence electrons. The number of nitrogens with one attached hydrogen (secondary N) is 1. The highest BCUT2D eigenvalue weighted by molar-refractivity contribution is 9.11. The van der Waals surface area contributed by atoms with E-state index >= 15 is 0 Å². The predicted molar refractivity (Wildman–Crippen MR) is 103 cm³/mol. The van der Waals surface area contributed by atoms with Gasteiger partial charge in [0, 0.05) is 25.5 Å². The number of hydrogen-bond acceptors (Lipinski definition) is 0. The normalized spacial score (nSPS) is 13.8. The van der Waals surface area contributed by atoms with Crippen molar-refractivity contribution in [2.45, 2.75) is 57.7 Å². The third-order valence-corrected chi connectivity index (χ3v) is 9.59. The Morgan fingerprint density at radius 3 is 2.24 bits per heavy atom. The molecule has 0 saturated heterocycles. The summed E-state index contributed by atoms with van der Waals surface area (Å²) in [6, 6.07) is 6.43. The van der Waals surface area contributed by atoms with E-state index in [1.165, 1.54) is 21.1 Å². The van der Waals surface area contributed by atoms with E-state index in [-0.39, 0.29) is 8.80 Å². The molecule has 0 aliphatic carbocycles. The van der Waals surface area contributed by atoms with E-state index in [2.05, 4.69) is 89.7 Å². The maximum atomic E-state index is 3.79. The van der Waals surface area contributed by atoms with Crippen LogP contribution in [0.3, 0.4) is 0 Å². The van der Waals surface area contributed by atoms with Gasteiger partial charge in [-0.2, -0.15) is 0 Å². The van der Waals surface area contributed by atoms with Crippen molar-refractivity contribution in [2.75, 3.05) is 0 Å². The van der Waals surface area contributed by atoms with Crippen molar-refractivity contribution in [2.24, 2.45) is 0 Å². The largest absolute Gasteiger partial charge is 0.357 e. The molecule has 0 aliphatic heterocycles. The van der Waals surface area contributed by atoms with E-state index in [0.717, 1.165) is 27.5 Å². The Kier molecular flexibility index (Phi) is 5.77. The standard InChI is InChI=1S/C17H24Br2NSi/c1-10(2)21(11(3)4)12(5)8-16-17(19)14-7-6-13(18)9-15(14)20-16/h6-7,9-12,20H,8H2,1-5H3. The molecule has 1 aromatic carbocycles. The van der Waals surface area contributed by atoms with Crippen LogP contribution in [-0.2, 0) is 6.42 Å². The van der Waals surface area contributed by atoms with Gasteiger partial charge in [0.05, 0.1) is 8.80 Å². The zero-order valence-electron chi connectivity index (χ0n) is 13.4. The van der Waals surface area contributed by atoms with Gasteiger partial charge in [0.25, 0.3) is 0 Å². The second-order valence-corrected chi connectivity index (χ2v) is 12.5. The van der Waals surface area contributed by atoms with Gasteiger partial charge in [-0.25, -0.2) is 0 Å². The second kappa shape index (κ2) is 7.01. The number of hydrogen-bond donors (Lipinski definition) is 1. The molecule has 0 spiro atoms. The molecule has 1 atom stereocenters. The molecule has 1 aromatic heterocycles. The van der Waals surface area contributed by atoms with Gasteiger partial charge in [-0.05, 0) is 40.0 Å². The molecule has 21 heavy (non-hydrogen) atoms. The molecule has 0 aliphatic rings. The van der Waals surface area contributed by atoms with Gasteiger partial charge >= 0.3 is 0 Å². The highest BCUT2D eigenvalue weighted by Gasteiger charge is 2.27. The topological polar surface area (TPSA) is 15.8 Å². The summed E-state index contributed by atoms with van der Waals surface area (Å²) < 4.78 is 2.36. The Hall–Kier alpha value is -0.0631. The van der Waals surface area contributed by atoms with Gasteiger partial charge < -0.3 is 4.98 Å². The summed E-state index contributed by atoms with van der Waals surface area (Å²) in [5, 5.41) is 1.28. The zero-order valence-corrected chi connectivity index (χ0v) is 17.6. The minimum absolute atomic E-state index is 0.366. The van der Waals surface area contributed by atoms with Crippen LogP contribution >= 0.6 is 31.9 Å². The maximum Gasteiger partial charge on any atom is 0.0568 e. The predicted octanol–water partition coefficient (Wildman–Crippen LogP) is 6.94. The molecule has 1 nitrogen and oxygen atoms in total. The van der Waals surface area contributed by atoms with Crippen LogP contribution in [0.5, 0.6) is 0 Å². The number of fused-ring (bicyclic) bond motifs is 1. The number of benzene rings is 1. The minimum Gasteiger partial charge on any atom is -0.357 e. The summed E-state index contributed by atoms with van der Waals surface area (Å²) in [6.07, 6.45) is 1.14. The van der Waals surface area contributed by atoms with Crippen molar-refractivity contribution < 1.29 is 0 Å². The summed E-state index contributed by atoms with van der Waals surface area (Å²) in [5.74, 6) is 0. The summed E-state index contributed by atoms with van der Waals surface area (Å²) in [7, 11) is -0.366. The smallest absolute Gasteiger partial charge is 0.0568 e. The molecule has 1 heterocycles. The van der Waals surface area contributed by atoms with Gasteiger partial charge in [0.2, 0.25) is 0 Å². The Bertz CT molecular complexity index is 611. The fourth-order valence-corrected chi connectivity index (χ4v) is 8.58. The first-order valence-corrected chi connectivity index (χ1v) is 10.9. The Morgan fingerprint density at radius 1 is 1.05 bits per heavy atom. The fourth-order valence-electron chi connectivity index (χ4n) is 3.56. The minimum atomic E-state index is -0.366. The molecule has 0 saturated carbocycles. The number of H-pyrrole nitrogens is 1. The molecular weight excluding hydrogens is 406 g/mol. The molecule has 0 amide bonds. The van der Waals surface area contributed by atoms with Gasteiger partial charge in [-0.1, -0.05) is 67.7 Å². The molecule has 1 radical (unpaired) electrons. The van der Waals surface area contributed by atoms with E-state index in [4.69, 9.17) is 0 Å². The molecule has 0 fully saturated rings. The van der Waals surface area contributed by atoms with Crippen molar-refractivity contribution in [1.82, 2.24) is 4.98 Å². The fraction of sp³-hybridized carbons (Fsp3) is 0.529. The Labute approximate surface area is 146 Å². The average molecular weight is 430 g/mol. The van der Waals surface area contributed by atoms with E-state index in [0.29, 0.717) is 0 Å². The van der Waals surface area contributed by atoms with Gasteiger partial charge in [-0.3, -0.25) is 0 Å². The van der Waals surface area contributed by atoms with Gasteiger partial charge in [0.15, 0.2) is 0 Å². The van der Waals surface area contributed by atoms with Crippen LogP contribution in [0.25, 0.3) is 10.9 Å². The summed E-state index contributed by atoms with van der Waals surface area (Å²) >= 11 is 7.34. The molecule has 0 bridgehead atoms. The van der Waals surface area contributed by atoms with Crippen LogP contribution in [0.2, 0.25) is 16.6 Å². The molecule has 4 heteroatoms. The van der Waals surface area contributed by atoms with E-state index in [1.807, 2.05) is 0 Å². The monoisotopic (exact) mass is 428 g/mol. The SMILES string of the molecule is CC(C)[Si](C(C)C)C(C)Cc1[nH]c2cc(Br)ccc2c1Br. The summed E-state index contributed by atoms with van der Waals surface area (Å²) in [6.45, 7) is 12.0. The first-order chi connectivity index (χ1) is 9.81. The summed E-state index contributed by atoms with van der Waals surface area (Å²) in [5.41, 5.74) is 4.97. The first kappa shape index (κ1) is 17.3. The van der Waals surface area contributed by atoms with Crippen LogP contribution in [0.1, 0.15) is 40.3 Å². The van der Waals surface area contributed by atoms with Crippen LogP contribution in [-0.4, -0.2) is 13.8 Å². The van der Waals surface area contributed by atoms with Crippen molar-refractivity contribution in [3.8, 4) is 0 Å². The number of halogens is 2. The average Bonchev–Trinajstić information content (AvgIpc) is 2.64. The summed E-state index contributed by atoms with van der Waals surface area (Å²) in [4.78, 5) is 3.61. The van der Waals surface area contributed by atoms with Crippen molar-refractivity contribution in [3.63, 3.8) is 0 Å². The third-order valence-electron chi connectivity index (χ3n) is 4.18. The number of aromatic nitrogens is 1. The van der Waals surface area contributed by atoms with E-state index in [9.17, 15) is 0 Å². The lowest BCUT2D eigenvalue weighted by atomic mass is 10.2. The number of rotatable bonds is 5. The van der Waals surface area contributed by atoms with Crippen LogP contribution in [0.15, 0.2) is 27.1 Å². The van der Waals surface area contributed by atoms with Crippen molar-refractivity contribution >= 4 is 51.6 Å². The van der Waals surface area contributed by atoms with Crippen LogP contribution in [0, 0.1) is 0 Å². The zero-order chi connectivity index (χ0) is 15.7. The van der Waals surface area contributed by atoms with E-state index in [1.54, 1.807) is 0 Å². The quantitative estimate of drug-likeness (QED) is 0.495. The van der Waals surface area contributed by atoms with E-state index < -0.39 is 0 Å². The first-order valence-electron chi connectivity index (χ1n) is 7.63.